The van der Waals surface area contributed by atoms with Crippen molar-refractivity contribution in [3.63, 3.8) is 0 Å². The van der Waals surface area contributed by atoms with Gasteiger partial charge < -0.3 is 10.0 Å². The third-order valence-corrected chi connectivity index (χ3v) is 5.95. The number of nitrogens with zero attached hydrogens (tertiary/aromatic N) is 2. The number of hydrogen-bond donors (Lipinski definition) is 2. The van der Waals surface area contributed by atoms with Gasteiger partial charge in [0.1, 0.15) is 17.1 Å². The van der Waals surface area contributed by atoms with Gasteiger partial charge in [-0.05, 0) is 43.5 Å². The number of nitrogens with one attached hydrogen (secondary N) is 1. The first kappa shape index (κ1) is 19.5. The van der Waals surface area contributed by atoms with Crippen LogP contribution in [-0.2, 0) is 0 Å². The quantitative estimate of drug-likeness (QED) is 0.592. The molecule has 0 aliphatic carbocycles. The molecule has 3 aromatic rings. The monoisotopic (exact) mass is 409 g/mol. The van der Waals surface area contributed by atoms with Gasteiger partial charge in [-0.3, -0.25) is 9.89 Å². The summed E-state index contributed by atoms with van der Waals surface area (Å²) >= 11 is 6.32. The molecule has 2 aromatic carbocycles. The number of phenols is 1. The highest BCUT2D eigenvalue weighted by Gasteiger charge is 2.42. The van der Waals surface area contributed by atoms with Crippen LogP contribution >= 0.6 is 11.6 Å². The highest BCUT2D eigenvalue weighted by atomic mass is 35.5. The second kappa shape index (κ2) is 7.56. The van der Waals surface area contributed by atoms with Crippen molar-refractivity contribution >= 4 is 17.5 Å². The molecule has 1 unspecified atom stereocenters. The molecule has 6 heteroatoms. The summed E-state index contributed by atoms with van der Waals surface area (Å²) in [6.45, 7) is 6.65. The number of aromatic amines is 1. The van der Waals surface area contributed by atoms with E-state index in [-0.39, 0.29) is 17.7 Å². The number of unbranched alkanes of at least 4 members (excludes halogenated alkanes) is 1. The standard InChI is InChI=1S/C23H24ClN3O2/c1-4-5-10-27-22(15-8-6-13(2)7-9-15)19-20(25-26-21(19)23(27)29)16-12-17(24)14(3)11-18(16)28/h6-9,11-12,22,28H,4-5,10H2,1-3H3,(H,25,26). The van der Waals surface area contributed by atoms with E-state index in [1.54, 1.807) is 12.1 Å². The molecule has 0 spiro atoms. The zero-order valence-corrected chi connectivity index (χ0v) is 17.5. The first-order chi connectivity index (χ1) is 13.9. The van der Waals surface area contributed by atoms with Crippen molar-refractivity contribution in [2.45, 2.75) is 39.7 Å². The number of benzene rings is 2. The van der Waals surface area contributed by atoms with E-state index in [4.69, 9.17) is 11.6 Å². The van der Waals surface area contributed by atoms with Crippen LogP contribution < -0.4 is 0 Å². The highest BCUT2D eigenvalue weighted by Crippen LogP contribution is 2.45. The molecule has 0 bridgehead atoms. The van der Waals surface area contributed by atoms with E-state index in [1.165, 1.54) is 0 Å². The Labute approximate surface area is 175 Å². The second-order valence-electron chi connectivity index (χ2n) is 7.64. The summed E-state index contributed by atoms with van der Waals surface area (Å²) < 4.78 is 0. The summed E-state index contributed by atoms with van der Waals surface area (Å²) in [6.07, 6.45) is 1.92. The zero-order valence-electron chi connectivity index (χ0n) is 16.8. The van der Waals surface area contributed by atoms with E-state index in [1.807, 2.05) is 18.7 Å². The Kier molecular flexibility index (Phi) is 5.09. The Hall–Kier alpha value is -2.79. The van der Waals surface area contributed by atoms with Crippen LogP contribution in [0.2, 0.25) is 5.02 Å². The number of carbonyl (C=O) groups excluding carboxylic acids is 1. The number of aryl methyl sites for hydroxylation is 2. The van der Waals surface area contributed by atoms with E-state index < -0.39 is 0 Å². The Morgan fingerprint density at radius 1 is 1.21 bits per heavy atom. The zero-order chi connectivity index (χ0) is 20.7. The van der Waals surface area contributed by atoms with Crippen LogP contribution in [0.15, 0.2) is 36.4 Å². The van der Waals surface area contributed by atoms with Crippen LogP contribution in [0.4, 0.5) is 0 Å². The average Bonchev–Trinajstić information content (AvgIpc) is 3.23. The van der Waals surface area contributed by atoms with E-state index in [9.17, 15) is 9.90 Å². The van der Waals surface area contributed by atoms with E-state index >= 15 is 0 Å². The number of phenolic OH excluding ortho intramolecular Hbond substituents is 1. The number of halogens is 1. The normalized spacial score (nSPS) is 15.8. The first-order valence-electron chi connectivity index (χ1n) is 9.87. The van der Waals surface area contributed by atoms with Gasteiger partial charge in [0.25, 0.3) is 5.91 Å². The van der Waals surface area contributed by atoms with Gasteiger partial charge in [-0.2, -0.15) is 5.10 Å². The molecule has 2 heterocycles. The number of H-pyrrole nitrogens is 1. The third-order valence-electron chi connectivity index (χ3n) is 5.54. The molecular weight excluding hydrogens is 386 g/mol. The number of rotatable bonds is 5. The number of aromatic nitrogens is 2. The van der Waals surface area contributed by atoms with Gasteiger partial charge in [0.2, 0.25) is 0 Å². The molecule has 4 rings (SSSR count). The van der Waals surface area contributed by atoms with Crippen LogP contribution in [0.1, 0.15) is 58.5 Å². The van der Waals surface area contributed by atoms with Crippen molar-refractivity contribution in [3.8, 4) is 17.0 Å². The largest absolute Gasteiger partial charge is 0.507 e. The molecule has 0 fully saturated rings. The maximum atomic E-state index is 13.2. The molecule has 1 aliphatic heterocycles. The second-order valence-corrected chi connectivity index (χ2v) is 8.05. The van der Waals surface area contributed by atoms with Gasteiger partial charge in [-0.15, -0.1) is 0 Å². The number of fused-ring (bicyclic) bond motifs is 1. The predicted molar refractivity (Wildman–Crippen MR) is 114 cm³/mol. The van der Waals surface area contributed by atoms with Crippen molar-refractivity contribution in [1.82, 2.24) is 15.1 Å². The molecule has 1 aliphatic rings. The van der Waals surface area contributed by atoms with Crippen LogP contribution in [-0.4, -0.2) is 32.7 Å². The van der Waals surface area contributed by atoms with E-state index in [2.05, 4.69) is 41.4 Å². The van der Waals surface area contributed by atoms with Crippen molar-refractivity contribution in [3.05, 3.63) is 69.4 Å². The van der Waals surface area contributed by atoms with E-state index in [0.29, 0.717) is 28.5 Å². The number of aromatic hydroxyl groups is 1. The fourth-order valence-electron chi connectivity index (χ4n) is 3.91. The molecule has 5 nitrogen and oxygen atoms in total. The van der Waals surface area contributed by atoms with Crippen molar-refractivity contribution in [2.24, 2.45) is 0 Å². The van der Waals surface area contributed by atoms with E-state index in [0.717, 1.165) is 35.1 Å². The summed E-state index contributed by atoms with van der Waals surface area (Å²) in [5.41, 5.74) is 5.35. The lowest BCUT2D eigenvalue weighted by Gasteiger charge is -2.26. The van der Waals surface area contributed by atoms with Crippen LogP contribution in [0, 0.1) is 13.8 Å². The van der Waals surface area contributed by atoms with Crippen LogP contribution in [0.3, 0.4) is 0 Å². The lowest BCUT2D eigenvalue weighted by Crippen LogP contribution is -2.30. The van der Waals surface area contributed by atoms with Gasteiger partial charge in [0.05, 0.1) is 6.04 Å². The average molecular weight is 410 g/mol. The maximum absolute atomic E-state index is 13.2. The number of carbonyl (C=O) groups is 1. The minimum Gasteiger partial charge on any atom is -0.507 e. The van der Waals surface area contributed by atoms with Crippen molar-refractivity contribution in [1.29, 1.82) is 0 Å². The maximum Gasteiger partial charge on any atom is 0.273 e. The number of hydrogen-bond acceptors (Lipinski definition) is 3. The van der Waals surface area contributed by atoms with Crippen molar-refractivity contribution in [2.75, 3.05) is 6.54 Å². The topological polar surface area (TPSA) is 69.2 Å². The molecule has 29 heavy (non-hydrogen) atoms. The highest BCUT2D eigenvalue weighted by molar-refractivity contribution is 6.31. The smallest absolute Gasteiger partial charge is 0.273 e. The lowest BCUT2D eigenvalue weighted by molar-refractivity contribution is 0.0741. The SMILES string of the molecule is CCCCN1C(=O)c2[nH]nc(-c3cc(Cl)c(C)cc3O)c2C1c1ccc(C)cc1. The molecular formula is C23H24ClN3O2. The predicted octanol–water partition coefficient (Wildman–Crippen LogP) is 5.40. The minimum absolute atomic E-state index is 0.0597. The van der Waals surface area contributed by atoms with Crippen LogP contribution in [0.25, 0.3) is 11.3 Å². The van der Waals surface area contributed by atoms with Gasteiger partial charge in [-0.25, -0.2) is 0 Å². The molecule has 1 aromatic heterocycles. The molecule has 1 amide bonds. The Balaban J connectivity index is 1.89. The third kappa shape index (κ3) is 3.29. The summed E-state index contributed by atoms with van der Waals surface area (Å²) in [5, 5.41) is 18.4. The number of amides is 1. The minimum atomic E-state index is -0.252. The first-order valence-corrected chi connectivity index (χ1v) is 10.3. The van der Waals surface area contributed by atoms with Gasteiger partial charge in [0, 0.05) is 22.7 Å². The summed E-state index contributed by atoms with van der Waals surface area (Å²) in [7, 11) is 0. The summed E-state index contributed by atoms with van der Waals surface area (Å²) in [5.74, 6) is 0.0405. The van der Waals surface area contributed by atoms with Gasteiger partial charge in [-0.1, -0.05) is 54.8 Å². The fourth-order valence-corrected chi connectivity index (χ4v) is 4.08. The Morgan fingerprint density at radius 2 is 1.93 bits per heavy atom. The fraction of sp³-hybridized carbons (Fsp3) is 0.304. The molecule has 0 saturated carbocycles. The summed E-state index contributed by atoms with van der Waals surface area (Å²) in [4.78, 5) is 15.1. The van der Waals surface area contributed by atoms with Crippen LogP contribution in [0.5, 0.6) is 5.75 Å². The molecule has 2 N–H and O–H groups in total. The Morgan fingerprint density at radius 3 is 2.62 bits per heavy atom. The molecule has 0 radical (unpaired) electrons. The van der Waals surface area contributed by atoms with Gasteiger partial charge >= 0.3 is 0 Å². The molecule has 1 atom stereocenters. The molecule has 150 valence electrons. The summed E-state index contributed by atoms with van der Waals surface area (Å²) in [6, 6.07) is 11.3. The lowest BCUT2D eigenvalue weighted by atomic mass is 9.94. The Bertz CT molecular complexity index is 1070. The molecule has 0 saturated heterocycles. The van der Waals surface area contributed by atoms with Gasteiger partial charge in [0.15, 0.2) is 0 Å². The van der Waals surface area contributed by atoms with Crippen molar-refractivity contribution < 1.29 is 9.90 Å².